The van der Waals surface area contributed by atoms with Gasteiger partial charge in [-0.2, -0.15) is 0 Å². The van der Waals surface area contributed by atoms with Crippen LogP contribution in [0, 0.1) is 5.92 Å². The van der Waals surface area contributed by atoms with Crippen molar-refractivity contribution >= 4 is 29.1 Å². The summed E-state index contributed by atoms with van der Waals surface area (Å²) in [6, 6.07) is 14.6. The number of carbonyl (C=O) groups excluding carboxylic acids is 1. The van der Waals surface area contributed by atoms with Crippen molar-refractivity contribution in [3.05, 3.63) is 48.0 Å². The maximum Gasteiger partial charge on any atom is 0.227 e. The van der Waals surface area contributed by atoms with E-state index < -0.39 is 0 Å². The first-order chi connectivity index (χ1) is 16.2. The van der Waals surface area contributed by atoms with Crippen LogP contribution in [0.15, 0.2) is 42.5 Å². The summed E-state index contributed by atoms with van der Waals surface area (Å²) in [6.07, 6.45) is 8.08. The smallest absolute Gasteiger partial charge is 0.227 e. The molecule has 0 unspecified atom stereocenters. The van der Waals surface area contributed by atoms with Gasteiger partial charge >= 0.3 is 0 Å². The van der Waals surface area contributed by atoms with E-state index in [0.29, 0.717) is 18.4 Å². The van der Waals surface area contributed by atoms with Gasteiger partial charge in [0.05, 0.1) is 12.5 Å². The number of fused-ring (bicyclic) bond motifs is 1. The minimum Gasteiger partial charge on any atom is -0.381 e. The van der Waals surface area contributed by atoms with E-state index in [4.69, 9.17) is 4.74 Å². The van der Waals surface area contributed by atoms with Crippen LogP contribution in [0.2, 0.25) is 0 Å². The summed E-state index contributed by atoms with van der Waals surface area (Å²) < 4.78 is 5.46. The predicted molar refractivity (Wildman–Crippen MR) is 143 cm³/mol. The van der Waals surface area contributed by atoms with E-state index in [1.54, 1.807) is 0 Å². The number of ether oxygens (including phenoxy) is 1. The van der Waals surface area contributed by atoms with Crippen LogP contribution in [0.5, 0.6) is 0 Å². The molecule has 2 aliphatic heterocycles. The first-order valence-corrected chi connectivity index (χ1v) is 12.9. The second-order valence-electron chi connectivity index (χ2n) is 9.83. The summed E-state index contributed by atoms with van der Waals surface area (Å²) in [5.41, 5.74) is 1.14. The van der Waals surface area contributed by atoms with E-state index in [2.05, 4.69) is 57.6 Å². The van der Waals surface area contributed by atoms with E-state index in [-0.39, 0.29) is 18.3 Å². The summed E-state index contributed by atoms with van der Waals surface area (Å²) in [7, 11) is 1.83. The lowest BCUT2D eigenvalue weighted by atomic mass is 9.95. The van der Waals surface area contributed by atoms with Gasteiger partial charge in [0.1, 0.15) is 0 Å². The molecule has 2 heterocycles. The van der Waals surface area contributed by atoms with Crippen molar-refractivity contribution in [2.75, 3.05) is 52.9 Å². The zero-order chi connectivity index (χ0) is 22.9. The summed E-state index contributed by atoms with van der Waals surface area (Å²) in [5, 5.41) is 6.08. The lowest BCUT2D eigenvalue weighted by Gasteiger charge is -2.32. The van der Waals surface area contributed by atoms with Gasteiger partial charge in [0, 0.05) is 33.3 Å². The number of hydrogen-bond acceptors (Lipinski definition) is 4. The molecule has 4 rings (SSSR count). The van der Waals surface area contributed by atoms with Gasteiger partial charge in [-0.1, -0.05) is 42.5 Å². The Labute approximate surface area is 211 Å². The zero-order valence-electron chi connectivity index (χ0n) is 20.7. The second kappa shape index (κ2) is 14.0. The molecular weight excluding hydrogens is 446 g/mol. The number of rotatable bonds is 10. The van der Waals surface area contributed by atoms with E-state index in [1.165, 1.54) is 56.1 Å². The van der Waals surface area contributed by atoms with Gasteiger partial charge in [0.25, 0.3) is 0 Å². The number of halogens is 1. The van der Waals surface area contributed by atoms with Crippen molar-refractivity contribution in [3.8, 4) is 0 Å². The van der Waals surface area contributed by atoms with E-state index in [9.17, 15) is 4.79 Å². The molecule has 2 aromatic rings. The maximum atomic E-state index is 12.9. The Balaban J connectivity index is 0.00000324. The highest BCUT2D eigenvalue weighted by Crippen LogP contribution is 2.22. The normalized spacial score (nSPS) is 18.2. The fraction of sp³-hybridized carbons (Fsp3) is 0.607. The largest absolute Gasteiger partial charge is 0.381 e. The highest BCUT2D eigenvalue weighted by atomic mass is 35.5. The molecule has 34 heavy (non-hydrogen) atoms. The molecule has 5 nitrogen and oxygen atoms in total. The van der Waals surface area contributed by atoms with Gasteiger partial charge in [-0.05, 0) is 80.4 Å². The quantitative estimate of drug-likeness (QED) is 0.500. The fourth-order valence-corrected chi connectivity index (χ4v) is 5.37. The molecule has 0 radical (unpaired) electrons. The molecule has 2 saturated heterocycles. The van der Waals surface area contributed by atoms with Crippen LogP contribution in [0.25, 0.3) is 10.8 Å². The number of benzene rings is 2. The minimum absolute atomic E-state index is 0. The summed E-state index contributed by atoms with van der Waals surface area (Å²) >= 11 is 0. The summed E-state index contributed by atoms with van der Waals surface area (Å²) in [6.45, 7) is 7.57. The second-order valence-corrected chi connectivity index (χ2v) is 9.83. The average molecular weight is 488 g/mol. The molecule has 0 bridgehead atoms. The van der Waals surface area contributed by atoms with Crippen LogP contribution < -0.4 is 5.32 Å². The Kier molecular flexibility index (Phi) is 11.1. The highest BCUT2D eigenvalue weighted by molar-refractivity contribution is 5.90. The molecule has 2 aromatic carbocycles. The number of piperidine rings is 2. The average Bonchev–Trinajstić information content (AvgIpc) is 2.87. The Morgan fingerprint density at radius 3 is 2.47 bits per heavy atom. The minimum atomic E-state index is 0. The van der Waals surface area contributed by atoms with Crippen LogP contribution in [0.3, 0.4) is 0 Å². The predicted octanol–water partition coefficient (Wildman–Crippen LogP) is 4.52. The van der Waals surface area contributed by atoms with Crippen molar-refractivity contribution in [2.45, 2.75) is 51.0 Å². The lowest BCUT2D eigenvalue weighted by molar-refractivity contribution is -0.131. The van der Waals surface area contributed by atoms with Crippen molar-refractivity contribution in [1.82, 2.24) is 15.1 Å². The number of methoxy groups -OCH3 is 1. The van der Waals surface area contributed by atoms with Crippen LogP contribution >= 0.6 is 12.4 Å². The van der Waals surface area contributed by atoms with Gasteiger partial charge in [0.2, 0.25) is 5.91 Å². The van der Waals surface area contributed by atoms with E-state index in [1.807, 2.05) is 7.11 Å². The third-order valence-electron chi connectivity index (χ3n) is 7.57. The molecule has 2 aliphatic rings. The SMILES string of the molecule is COC1CCN(CCCCNCC2CCN(C(=O)Cc3cccc4ccccc34)CC2)CC1.Cl. The van der Waals surface area contributed by atoms with Gasteiger partial charge in [-0.3, -0.25) is 4.79 Å². The Bertz CT molecular complexity index is 872. The van der Waals surface area contributed by atoms with Crippen LogP contribution in [-0.4, -0.2) is 74.7 Å². The summed E-state index contributed by atoms with van der Waals surface area (Å²) in [5.74, 6) is 0.965. The number of unbranched alkanes of at least 4 members (excludes halogenated alkanes) is 1. The molecule has 0 atom stereocenters. The molecule has 6 heteroatoms. The zero-order valence-corrected chi connectivity index (χ0v) is 21.5. The molecule has 0 saturated carbocycles. The van der Waals surface area contributed by atoms with E-state index >= 15 is 0 Å². The first kappa shape index (κ1) is 26.9. The highest BCUT2D eigenvalue weighted by Gasteiger charge is 2.23. The third-order valence-corrected chi connectivity index (χ3v) is 7.57. The number of likely N-dealkylation sites (tertiary alicyclic amines) is 2. The standard InChI is InChI=1S/C28H41N3O2.ClH/c1-33-26-13-17-30(18-14-26)16-5-4-15-29-22-23-11-19-31(20-12-23)28(32)21-25-9-6-8-24-7-2-3-10-27(24)25;/h2-3,6-10,23,26,29H,4-5,11-22H2,1H3;1H. The molecular formula is C28H42ClN3O2. The molecule has 1 N–H and O–H groups in total. The number of hydrogen-bond donors (Lipinski definition) is 1. The molecule has 2 fully saturated rings. The van der Waals surface area contributed by atoms with Gasteiger partial charge < -0.3 is 19.9 Å². The molecule has 188 valence electrons. The van der Waals surface area contributed by atoms with Crippen LogP contribution in [0.1, 0.15) is 44.1 Å². The van der Waals surface area contributed by atoms with Crippen molar-refractivity contribution < 1.29 is 9.53 Å². The number of amides is 1. The monoisotopic (exact) mass is 487 g/mol. The molecule has 0 aliphatic carbocycles. The first-order valence-electron chi connectivity index (χ1n) is 12.9. The Hall–Kier alpha value is -1.66. The fourth-order valence-electron chi connectivity index (χ4n) is 5.37. The van der Waals surface area contributed by atoms with Crippen molar-refractivity contribution in [1.29, 1.82) is 0 Å². The topological polar surface area (TPSA) is 44.8 Å². The van der Waals surface area contributed by atoms with Crippen LogP contribution in [0.4, 0.5) is 0 Å². The molecule has 0 aromatic heterocycles. The number of nitrogens with zero attached hydrogens (tertiary/aromatic N) is 2. The van der Waals surface area contributed by atoms with Crippen LogP contribution in [-0.2, 0) is 16.0 Å². The van der Waals surface area contributed by atoms with Gasteiger partial charge in [-0.25, -0.2) is 0 Å². The van der Waals surface area contributed by atoms with Gasteiger partial charge in [0.15, 0.2) is 0 Å². The molecule has 1 amide bonds. The number of carbonyl (C=O) groups is 1. The van der Waals surface area contributed by atoms with Crippen molar-refractivity contribution in [3.63, 3.8) is 0 Å². The van der Waals surface area contributed by atoms with Gasteiger partial charge in [-0.15, -0.1) is 12.4 Å². The Morgan fingerprint density at radius 2 is 1.71 bits per heavy atom. The van der Waals surface area contributed by atoms with E-state index in [0.717, 1.165) is 44.6 Å². The number of nitrogens with one attached hydrogen (secondary N) is 1. The summed E-state index contributed by atoms with van der Waals surface area (Å²) in [4.78, 5) is 17.6. The Morgan fingerprint density at radius 1 is 0.971 bits per heavy atom. The van der Waals surface area contributed by atoms with Crippen molar-refractivity contribution in [2.24, 2.45) is 5.92 Å². The molecule has 0 spiro atoms. The maximum absolute atomic E-state index is 12.9. The lowest BCUT2D eigenvalue weighted by Crippen LogP contribution is -2.41. The third kappa shape index (κ3) is 7.67.